The summed E-state index contributed by atoms with van der Waals surface area (Å²) in [6.07, 6.45) is 25.4. The number of unbranched alkanes of at least 4 members (excludes halogenated alkanes) is 18. The second kappa shape index (κ2) is 22.6. The highest BCUT2D eigenvalue weighted by Crippen LogP contribution is 2.53. The maximum absolute atomic E-state index is 14.1. The van der Waals surface area contributed by atoms with Crippen LogP contribution in [0.2, 0.25) is 0 Å². The summed E-state index contributed by atoms with van der Waals surface area (Å²) in [6, 6.07) is 2.03. The summed E-state index contributed by atoms with van der Waals surface area (Å²) in [5.41, 5.74) is 3.47. The number of hydrogen-bond donors (Lipinski definition) is 1. The minimum absolute atomic E-state index is 0.213. The van der Waals surface area contributed by atoms with Crippen LogP contribution in [0.5, 0.6) is 5.75 Å². The third-order valence-corrected chi connectivity index (χ3v) is 10.6. The molecular formula is C37H69O4P. The molecule has 1 N–H and O–H groups in total. The van der Waals surface area contributed by atoms with Crippen LogP contribution in [0.3, 0.4) is 0 Å². The van der Waals surface area contributed by atoms with Gasteiger partial charge in [0, 0.05) is 0 Å². The molecule has 246 valence electrons. The van der Waals surface area contributed by atoms with E-state index < -0.39 is 7.60 Å². The van der Waals surface area contributed by atoms with E-state index in [0.29, 0.717) is 19.0 Å². The normalized spacial score (nSPS) is 12.4. The third kappa shape index (κ3) is 16.9. The second-order valence-electron chi connectivity index (χ2n) is 13.7. The predicted molar refractivity (Wildman–Crippen MR) is 183 cm³/mol. The Kier molecular flexibility index (Phi) is 21.1. The molecule has 0 unspecified atom stereocenters. The Morgan fingerprint density at radius 3 is 1.33 bits per heavy atom. The lowest BCUT2D eigenvalue weighted by Crippen LogP contribution is -2.14. The van der Waals surface area contributed by atoms with Crippen LogP contribution in [0.15, 0.2) is 6.07 Å². The Bertz CT molecular complexity index is 843. The van der Waals surface area contributed by atoms with Gasteiger partial charge in [-0.3, -0.25) is 4.57 Å². The smallest absolute Gasteiger partial charge is 0.335 e. The van der Waals surface area contributed by atoms with E-state index in [9.17, 15) is 9.67 Å². The Morgan fingerprint density at radius 2 is 0.976 bits per heavy atom. The number of rotatable bonds is 26. The predicted octanol–water partition coefficient (Wildman–Crippen LogP) is 12.9. The van der Waals surface area contributed by atoms with Gasteiger partial charge in [-0.05, 0) is 54.4 Å². The lowest BCUT2D eigenvalue weighted by atomic mass is 9.83. The van der Waals surface area contributed by atoms with Crippen LogP contribution in [0.25, 0.3) is 0 Å². The molecular weight excluding hydrogens is 539 g/mol. The highest BCUT2D eigenvalue weighted by molar-refractivity contribution is 7.53. The Morgan fingerprint density at radius 1 is 0.619 bits per heavy atom. The topological polar surface area (TPSA) is 55.8 Å². The van der Waals surface area contributed by atoms with E-state index in [-0.39, 0.29) is 11.6 Å². The lowest BCUT2D eigenvalue weighted by molar-refractivity contribution is 0.196. The average molecular weight is 609 g/mol. The van der Waals surface area contributed by atoms with Crippen molar-refractivity contribution in [3.8, 4) is 5.75 Å². The summed E-state index contributed by atoms with van der Waals surface area (Å²) in [5.74, 6) is 0.344. The van der Waals surface area contributed by atoms with Gasteiger partial charge in [0.05, 0.1) is 19.4 Å². The molecule has 0 saturated heterocycles. The van der Waals surface area contributed by atoms with Gasteiger partial charge in [-0.2, -0.15) is 0 Å². The summed E-state index contributed by atoms with van der Waals surface area (Å²) in [7, 11) is -3.31. The molecule has 0 bridgehead atoms. The van der Waals surface area contributed by atoms with Gasteiger partial charge in [0.1, 0.15) is 5.75 Å². The SMILES string of the molecule is CCCCCCCCCCCCOP(=O)(Cc1cc(C(C)(C)C)c(O)c(C)c1C)OCCCCCCCCCCCC. The highest BCUT2D eigenvalue weighted by atomic mass is 31.2. The fourth-order valence-corrected chi connectivity index (χ4v) is 7.45. The summed E-state index contributed by atoms with van der Waals surface area (Å²) in [4.78, 5) is 0. The van der Waals surface area contributed by atoms with E-state index in [1.54, 1.807) is 0 Å². The van der Waals surface area contributed by atoms with Crippen molar-refractivity contribution < 1.29 is 18.7 Å². The number of hydrogen-bond acceptors (Lipinski definition) is 4. The van der Waals surface area contributed by atoms with E-state index >= 15 is 0 Å². The van der Waals surface area contributed by atoms with Crippen molar-refractivity contribution in [3.05, 3.63) is 28.3 Å². The van der Waals surface area contributed by atoms with Crippen LogP contribution in [0, 0.1) is 13.8 Å². The van der Waals surface area contributed by atoms with Crippen molar-refractivity contribution >= 4 is 7.60 Å². The Labute approximate surface area is 261 Å². The molecule has 1 aromatic carbocycles. The number of aromatic hydroxyl groups is 1. The summed E-state index contributed by atoms with van der Waals surface area (Å²) < 4.78 is 26.3. The Balaban J connectivity index is 2.64. The average Bonchev–Trinajstić information content (AvgIpc) is 2.94. The quantitative estimate of drug-likeness (QED) is 0.0839. The second-order valence-corrected chi connectivity index (χ2v) is 15.8. The van der Waals surface area contributed by atoms with E-state index in [4.69, 9.17) is 9.05 Å². The lowest BCUT2D eigenvalue weighted by Gasteiger charge is -2.26. The summed E-state index contributed by atoms with van der Waals surface area (Å²) in [6.45, 7) is 15.7. The maximum Gasteiger partial charge on any atom is 0.335 e. The first-order chi connectivity index (χ1) is 20.1. The van der Waals surface area contributed by atoms with Crippen LogP contribution in [0.4, 0.5) is 0 Å². The molecule has 0 aromatic heterocycles. The molecule has 0 atom stereocenters. The van der Waals surface area contributed by atoms with Gasteiger partial charge in [-0.25, -0.2) is 0 Å². The van der Waals surface area contributed by atoms with Gasteiger partial charge in [-0.15, -0.1) is 0 Å². The molecule has 0 aliphatic carbocycles. The van der Waals surface area contributed by atoms with Gasteiger partial charge < -0.3 is 14.2 Å². The van der Waals surface area contributed by atoms with Crippen LogP contribution in [0.1, 0.15) is 185 Å². The molecule has 1 aromatic rings. The van der Waals surface area contributed by atoms with Crippen LogP contribution >= 0.6 is 7.60 Å². The van der Waals surface area contributed by atoms with Gasteiger partial charge in [0.25, 0.3) is 0 Å². The minimum Gasteiger partial charge on any atom is -0.507 e. The summed E-state index contributed by atoms with van der Waals surface area (Å²) >= 11 is 0. The molecule has 0 heterocycles. The monoisotopic (exact) mass is 608 g/mol. The van der Waals surface area contributed by atoms with Crippen molar-refractivity contribution in [2.75, 3.05) is 13.2 Å². The summed E-state index contributed by atoms with van der Waals surface area (Å²) in [5, 5.41) is 10.8. The molecule has 0 radical (unpaired) electrons. The molecule has 0 amide bonds. The molecule has 0 fully saturated rings. The van der Waals surface area contributed by atoms with E-state index in [0.717, 1.165) is 47.9 Å². The molecule has 0 aliphatic heterocycles. The van der Waals surface area contributed by atoms with E-state index in [1.165, 1.54) is 103 Å². The van der Waals surface area contributed by atoms with E-state index in [1.807, 2.05) is 19.9 Å². The first kappa shape index (κ1) is 39.2. The molecule has 0 spiro atoms. The van der Waals surface area contributed by atoms with Crippen LogP contribution < -0.4 is 0 Å². The number of phenols is 1. The van der Waals surface area contributed by atoms with Gasteiger partial charge in [0.2, 0.25) is 0 Å². The molecule has 0 saturated carbocycles. The molecule has 4 nitrogen and oxygen atoms in total. The zero-order valence-electron chi connectivity index (χ0n) is 29.0. The molecule has 1 rings (SSSR count). The number of phenolic OH excluding ortho intramolecular Hbond substituents is 1. The fraction of sp³-hybridized carbons (Fsp3) is 0.838. The molecule has 42 heavy (non-hydrogen) atoms. The third-order valence-electron chi connectivity index (χ3n) is 8.72. The van der Waals surface area contributed by atoms with Gasteiger partial charge in [0.15, 0.2) is 0 Å². The highest BCUT2D eigenvalue weighted by Gasteiger charge is 2.29. The van der Waals surface area contributed by atoms with Crippen molar-refractivity contribution in [1.29, 1.82) is 0 Å². The van der Waals surface area contributed by atoms with Gasteiger partial charge in [-0.1, -0.05) is 156 Å². The maximum atomic E-state index is 14.1. The van der Waals surface area contributed by atoms with Crippen LogP contribution in [-0.2, 0) is 25.2 Å². The number of benzene rings is 1. The van der Waals surface area contributed by atoms with Crippen molar-refractivity contribution in [2.24, 2.45) is 0 Å². The van der Waals surface area contributed by atoms with Crippen LogP contribution in [-0.4, -0.2) is 18.3 Å². The van der Waals surface area contributed by atoms with Crippen molar-refractivity contribution in [3.63, 3.8) is 0 Å². The van der Waals surface area contributed by atoms with Gasteiger partial charge >= 0.3 is 7.60 Å². The standard InChI is InChI=1S/C37H69O4P/c1-8-10-12-14-16-18-20-22-24-26-28-40-42(39,41-29-27-25-23-21-19-17-15-13-11-9-2)31-34-30-35(37(5,6)7)36(38)33(4)32(34)3/h30,38H,8-29,31H2,1-7H3. The first-order valence-electron chi connectivity index (χ1n) is 17.8. The zero-order valence-corrected chi connectivity index (χ0v) is 29.9. The molecule has 0 aliphatic rings. The van der Waals surface area contributed by atoms with E-state index in [2.05, 4.69) is 34.6 Å². The largest absolute Gasteiger partial charge is 0.507 e. The zero-order chi connectivity index (χ0) is 31.3. The Hall–Kier alpha value is -0.830. The first-order valence-corrected chi connectivity index (χ1v) is 19.5. The minimum atomic E-state index is -3.31. The molecule has 5 heteroatoms. The van der Waals surface area contributed by atoms with Crippen molar-refractivity contribution in [2.45, 2.75) is 188 Å². The fourth-order valence-electron chi connectivity index (χ4n) is 5.63. The van der Waals surface area contributed by atoms with Crippen molar-refractivity contribution in [1.82, 2.24) is 0 Å².